The minimum Gasteiger partial charge on any atom is -0.485 e. The Morgan fingerprint density at radius 3 is 2.00 bits per heavy atom. The fourth-order valence-corrected chi connectivity index (χ4v) is 4.95. The maximum atomic E-state index is 10.7. The van der Waals surface area contributed by atoms with Crippen molar-refractivity contribution in [2.45, 2.75) is 121 Å². The van der Waals surface area contributed by atoms with Crippen LogP contribution >= 0.6 is 0 Å². The van der Waals surface area contributed by atoms with Gasteiger partial charge in [0.05, 0.1) is 0 Å². The number of aryl methyl sites for hydroxylation is 3. The van der Waals surface area contributed by atoms with Gasteiger partial charge in [0, 0.05) is 23.0 Å². The Labute approximate surface area is 250 Å². The van der Waals surface area contributed by atoms with Gasteiger partial charge in [0.2, 0.25) is 0 Å². The highest BCUT2D eigenvalue weighted by Crippen LogP contribution is 2.46. The minimum absolute atomic E-state index is 0. The molecule has 0 saturated carbocycles. The second kappa shape index (κ2) is 13.8. The molecule has 0 N–H and O–H groups in total. The molecule has 2 aliphatic rings. The molecular weight excluding hydrogens is 508 g/mol. The number of benzene rings is 2. The standard InChI is InChI=1S/C13H16O.C13H18.C9H14O3.2CH4/c1-9-10-7-5-6-8-11(10)12(14-9)13(2,3)4;1-13(2,3)12-8-7-10-5-4-6-11(10)9-12;1-6-7(5-9(2,3)4)12-8(10)11-6;;/h5-8,12H,1H2,2-4H3;7-9H,4-6H2,1-3H3;5H2,1-4H3;2*1H4. The van der Waals surface area contributed by atoms with Gasteiger partial charge in [-0.2, -0.15) is 0 Å². The van der Waals surface area contributed by atoms with E-state index in [0.717, 1.165) is 17.7 Å². The van der Waals surface area contributed by atoms with Crippen molar-refractivity contribution in [3.8, 4) is 0 Å². The van der Waals surface area contributed by atoms with Crippen molar-refractivity contribution in [2.75, 3.05) is 0 Å². The van der Waals surface area contributed by atoms with Crippen molar-refractivity contribution in [2.24, 2.45) is 10.8 Å². The van der Waals surface area contributed by atoms with Gasteiger partial charge < -0.3 is 13.6 Å². The second-order valence-electron chi connectivity index (χ2n) is 14.1. The summed E-state index contributed by atoms with van der Waals surface area (Å²) in [4.78, 5) is 10.7. The summed E-state index contributed by atoms with van der Waals surface area (Å²) in [7, 11) is 0. The Kier molecular flexibility index (Phi) is 12.1. The Morgan fingerprint density at radius 1 is 0.854 bits per heavy atom. The first-order valence-electron chi connectivity index (χ1n) is 14.1. The van der Waals surface area contributed by atoms with E-state index in [1.54, 1.807) is 18.1 Å². The van der Waals surface area contributed by atoms with Gasteiger partial charge in [-0.05, 0) is 53.7 Å². The zero-order valence-electron chi connectivity index (χ0n) is 25.8. The van der Waals surface area contributed by atoms with E-state index in [1.807, 2.05) is 6.07 Å². The Bertz CT molecular complexity index is 1330. The van der Waals surface area contributed by atoms with E-state index in [4.69, 9.17) is 13.6 Å². The normalized spacial score (nSPS) is 15.6. The van der Waals surface area contributed by atoms with Gasteiger partial charge in [-0.15, -0.1) is 0 Å². The van der Waals surface area contributed by atoms with E-state index in [9.17, 15) is 4.79 Å². The van der Waals surface area contributed by atoms with E-state index in [1.165, 1.54) is 30.4 Å². The van der Waals surface area contributed by atoms with Crippen LogP contribution in [-0.4, -0.2) is 0 Å². The topological polar surface area (TPSA) is 52.6 Å². The molecule has 4 heteroatoms. The summed E-state index contributed by atoms with van der Waals surface area (Å²) in [6.45, 7) is 25.3. The van der Waals surface area contributed by atoms with Gasteiger partial charge >= 0.3 is 5.82 Å². The maximum Gasteiger partial charge on any atom is 0.519 e. The van der Waals surface area contributed by atoms with Crippen LogP contribution in [0.2, 0.25) is 0 Å². The molecule has 228 valence electrons. The van der Waals surface area contributed by atoms with Crippen LogP contribution < -0.4 is 5.82 Å². The second-order valence-corrected chi connectivity index (χ2v) is 14.1. The molecule has 0 bridgehead atoms. The number of rotatable bonds is 1. The third-order valence-corrected chi connectivity index (χ3v) is 7.08. The SMILES string of the molecule is C.C.C=C1OC(C(C)(C)C)c2ccccc21.CC(C)(C)c1ccc2c(c1)CCC2.Cc1oc(=O)oc1CC(C)(C)C. The number of hydrogen-bond donors (Lipinski definition) is 0. The zero-order valence-corrected chi connectivity index (χ0v) is 25.8. The molecule has 1 unspecified atom stereocenters. The molecule has 1 aliphatic carbocycles. The summed E-state index contributed by atoms with van der Waals surface area (Å²) >= 11 is 0. The maximum absolute atomic E-state index is 10.7. The highest BCUT2D eigenvalue weighted by atomic mass is 16.6. The molecule has 0 saturated heterocycles. The van der Waals surface area contributed by atoms with E-state index in [0.29, 0.717) is 16.9 Å². The van der Waals surface area contributed by atoms with Crippen molar-refractivity contribution >= 4 is 5.76 Å². The Balaban J connectivity index is 0.000000301. The lowest BCUT2D eigenvalue weighted by molar-refractivity contribution is 0.0751. The zero-order chi connectivity index (χ0) is 29.2. The van der Waals surface area contributed by atoms with E-state index in [2.05, 4.69) is 105 Å². The summed E-state index contributed by atoms with van der Waals surface area (Å²) in [5.41, 5.74) is 7.61. The van der Waals surface area contributed by atoms with Crippen molar-refractivity contribution in [1.82, 2.24) is 0 Å². The van der Waals surface area contributed by atoms with Gasteiger partial charge in [0.15, 0.2) is 0 Å². The van der Waals surface area contributed by atoms with Crippen LogP contribution in [0.15, 0.2) is 62.7 Å². The van der Waals surface area contributed by atoms with Crippen molar-refractivity contribution in [3.05, 3.63) is 99.0 Å². The summed E-state index contributed by atoms with van der Waals surface area (Å²) in [6.07, 6.45) is 4.80. The molecule has 1 aromatic heterocycles. The molecule has 1 aliphatic heterocycles. The van der Waals surface area contributed by atoms with Crippen LogP contribution in [0.4, 0.5) is 0 Å². The quantitative estimate of drug-likeness (QED) is 0.295. The molecule has 3 aromatic rings. The van der Waals surface area contributed by atoms with Gasteiger partial charge in [-0.1, -0.05) is 126 Å². The fourth-order valence-electron chi connectivity index (χ4n) is 4.95. The van der Waals surface area contributed by atoms with Gasteiger partial charge in [0.25, 0.3) is 0 Å². The summed E-state index contributed by atoms with van der Waals surface area (Å²) in [5.74, 6) is 1.45. The van der Waals surface area contributed by atoms with Gasteiger partial charge in [-0.25, -0.2) is 4.79 Å². The van der Waals surface area contributed by atoms with Gasteiger partial charge in [0.1, 0.15) is 23.4 Å². The number of ether oxygens (including phenoxy) is 1. The minimum atomic E-state index is -0.605. The first kappa shape index (κ1) is 36.0. The molecule has 0 radical (unpaired) electrons. The highest BCUT2D eigenvalue weighted by Gasteiger charge is 2.35. The lowest BCUT2D eigenvalue weighted by Crippen LogP contribution is -2.17. The van der Waals surface area contributed by atoms with Crippen molar-refractivity contribution in [1.29, 1.82) is 0 Å². The highest BCUT2D eigenvalue weighted by molar-refractivity contribution is 5.65. The molecule has 2 aromatic carbocycles. The van der Waals surface area contributed by atoms with Crippen LogP contribution in [0.3, 0.4) is 0 Å². The lowest BCUT2D eigenvalue weighted by atomic mass is 9.84. The van der Waals surface area contributed by atoms with E-state index >= 15 is 0 Å². The molecule has 5 rings (SSSR count). The molecule has 0 spiro atoms. The van der Waals surface area contributed by atoms with Crippen LogP contribution in [-0.2, 0) is 29.4 Å². The van der Waals surface area contributed by atoms with E-state index < -0.39 is 5.82 Å². The largest absolute Gasteiger partial charge is 0.519 e. The molecule has 1 atom stereocenters. The molecular formula is C37H56O4. The van der Waals surface area contributed by atoms with Crippen molar-refractivity contribution in [3.63, 3.8) is 0 Å². The smallest absolute Gasteiger partial charge is 0.485 e. The van der Waals surface area contributed by atoms with E-state index in [-0.39, 0.29) is 31.8 Å². The average Bonchev–Trinajstić information content (AvgIpc) is 3.50. The van der Waals surface area contributed by atoms with Crippen LogP contribution in [0.25, 0.3) is 5.76 Å². The van der Waals surface area contributed by atoms with Crippen LogP contribution in [0, 0.1) is 17.8 Å². The predicted molar refractivity (Wildman–Crippen MR) is 175 cm³/mol. The summed E-state index contributed by atoms with van der Waals surface area (Å²) in [6, 6.07) is 15.3. The predicted octanol–water partition coefficient (Wildman–Crippen LogP) is 10.6. The number of fused-ring (bicyclic) bond motifs is 2. The molecule has 0 amide bonds. The average molecular weight is 565 g/mol. The molecule has 0 fully saturated rings. The number of hydrogen-bond acceptors (Lipinski definition) is 4. The summed E-state index contributed by atoms with van der Waals surface area (Å²) < 4.78 is 15.4. The molecule has 4 nitrogen and oxygen atoms in total. The first-order chi connectivity index (χ1) is 18.0. The lowest BCUT2D eigenvalue weighted by Gasteiger charge is -2.26. The third kappa shape index (κ3) is 9.80. The van der Waals surface area contributed by atoms with Crippen molar-refractivity contribution < 1.29 is 13.6 Å². The first-order valence-corrected chi connectivity index (χ1v) is 14.1. The molecule has 41 heavy (non-hydrogen) atoms. The molecule has 2 heterocycles. The van der Waals surface area contributed by atoms with Gasteiger partial charge in [-0.3, -0.25) is 0 Å². The summed E-state index contributed by atoms with van der Waals surface area (Å²) in [5, 5.41) is 0. The monoisotopic (exact) mass is 564 g/mol. The van der Waals surface area contributed by atoms with Crippen LogP contribution in [0.1, 0.15) is 129 Å². The fraction of sp³-hybridized carbons (Fsp3) is 0.541. The Morgan fingerprint density at radius 2 is 1.46 bits per heavy atom. The Hall–Kier alpha value is -3.01. The van der Waals surface area contributed by atoms with Crippen LogP contribution in [0.5, 0.6) is 0 Å². The third-order valence-electron chi connectivity index (χ3n) is 7.08.